The summed E-state index contributed by atoms with van der Waals surface area (Å²) in [6.45, 7) is 5.63. The second-order valence-corrected chi connectivity index (χ2v) is 9.12. The summed E-state index contributed by atoms with van der Waals surface area (Å²) >= 11 is 0. The number of aromatic nitrogens is 3. The number of piperidine rings is 1. The van der Waals surface area contributed by atoms with E-state index in [9.17, 15) is 9.90 Å². The van der Waals surface area contributed by atoms with Gasteiger partial charge in [-0.3, -0.25) is 4.79 Å². The fourth-order valence-electron chi connectivity index (χ4n) is 5.14. The fraction of sp³-hybridized carbons (Fsp3) is 0.360. The van der Waals surface area contributed by atoms with Crippen LogP contribution in [0.4, 0.5) is 0 Å². The molecule has 0 spiro atoms. The molecule has 2 aliphatic rings. The first-order valence-corrected chi connectivity index (χ1v) is 11.2. The number of hydrogen-bond acceptors (Lipinski definition) is 6. The van der Waals surface area contributed by atoms with Crippen molar-refractivity contribution in [3.8, 4) is 28.9 Å². The lowest BCUT2D eigenvalue weighted by molar-refractivity contribution is 0.0641. The van der Waals surface area contributed by atoms with Crippen LogP contribution in [0.2, 0.25) is 0 Å². The summed E-state index contributed by atoms with van der Waals surface area (Å²) in [5.74, 6) is 1.63. The number of nitriles is 1. The molecule has 3 aromatic rings. The maximum atomic E-state index is 13.0. The monoisotopic (exact) mass is 442 g/mol. The van der Waals surface area contributed by atoms with Crippen molar-refractivity contribution in [2.75, 3.05) is 33.2 Å². The van der Waals surface area contributed by atoms with E-state index in [2.05, 4.69) is 28.1 Å². The zero-order valence-corrected chi connectivity index (χ0v) is 18.8. The number of fused-ring (bicyclic) bond motifs is 1. The molecule has 2 fully saturated rings. The van der Waals surface area contributed by atoms with Crippen LogP contribution >= 0.6 is 0 Å². The summed E-state index contributed by atoms with van der Waals surface area (Å²) in [6.07, 6.45) is 4.18. The lowest BCUT2D eigenvalue weighted by Crippen LogP contribution is -2.43. The second-order valence-electron chi connectivity index (χ2n) is 9.12. The minimum Gasteiger partial charge on any atom is -0.493 e. The van der Waals surface area contributed by atoms with Crippen molar-refractivity contribution in [2.45, 2.75) is 13.3 Å². The normalized spacial score (nSPS) is 20.5. The van der Waals surface area contributed by atoms with Crippen LogP contribution in [-0.2, 0) is 0 Å². The highest BCUT2D eigenvalue weighted by molar-refractivity contribution is 5.94. The molecule has 0 aliphatic carbocycles. The van der Waals surface area contributed by atoms with E-state index in [1.54, 1.807) is 42.7 Å². The van der Waals surface area contributed by atoms with E-state index < -0.39 is 0 Å². The van der Waals surface area contributed by atoms with Gasteiger partial charge in [0.2, 0.25) is 5.88 Å². The smallest absolute Gasteiger partial charge is 0.255 e. The lowest BCUT2D eigenvalue weighted by Gasteiger charge is -2.34. The zero-order valence-electron chi connectivity index (χ0n) is 18.8. The highest BCUT2D eigenvalue weighted by Crippen LogP contribution is 2.33. The van der Waals surface area contributed by atoms with Gasteiger partial charge in [-0.2, -0.15) is 15.0 Å². The van der Waals surface area contributed by atoms with Crippen molar-refractivity contribution in [1.29, 1.82) is 5.26 Å². The number of carbonyl (C=O) groups excluding carboxylic acids is 1. The summed E-state index contributed by atoms with van der Waals surface area (Å²) in [4.78, 5) is 21.7. The molecule has 2 saturated heterocycles. The fourth-order valence-corrected chi connectivity index (χ4v) is 5.14. The third kappa shape index (κ3) is 3.85. The number of aromatic hydroxyl groups is 1. The summed E-state index contributed by atoms with van der Waals surface area (Å²) in [5.41, 5.74) is 3.33. The topological polar surface area (TPSA) is 98.3 Å². The molecule has 1 N–H and O–H groups in total. The number of likely N-dealkylation sites (tertiary alicyclic amines) is 2. The number of benzene rings is 1. The van der Waals surface area contributed by atoms with Crippen LogP contribution in [0.25, 0.3) is 16.9 Å². The molecule has 5 rings (SSSR count). The highest BCUT2D eigenvalue weighted by Gasteiger charge is 2.37. The third-order valence-electron chi connectivity index (χ3n) is 6.87. The Labute approximate surface area is 192 Å². The third-order valence-corrected chi connectivity index (χ3v) is 6.87. The Bertz CT molecular complexity index is 1240. The van der Waals surface area contributed by atoms with Gasteiger partial charge < -0.3 is 14.9 Å². The number of rotatable bonds is 3. The molecule has 0 saturated carbocycles. The Balaban J connectivity index is 1.34. The molecule has 1 amide bonds. The van der Waals surface area contributed by atoms with Gasteiger partial charge in [-0.25, -0.2) is 4.98 Å². The molecule has 8 heteroatoms. The van der Waals surface area contributed by atoms with E-state index in [4.69, 9.17) is 5.26 Å². The molecule has 0 unspecified atom stereocenters. The largest absolute Gasteiger partial charge is 0.493 e. The van der Waals surface area contributed by atoms with Crippen LogP contribution in [0.5, 0.6) is 5.88 Å². The minimum atomic E-state index is -0.0400. The SMILES string of the molecule is Cc1cc(C#N)ccc1-c1cnn(-c2ccc(C(=O)N3CC[C@@H]4CN(C)C[C@H]4C3)cn2)c1O. The average Bonchev–Trinajstić information content (AvgIpc) is 3.39. The highest BCUT2D eigenvalue weighted by atomic mass is 16.3. The average molecular weight is 443 g/mol. The van der Waals surface area contributed by atoms with Gasteiger partial charge in [0.1, 0.15) is 0 Å². The summed E-state index contributed by atoms with van der Waals surface area (Å²) in [5, 5.41) is 24.2. The molecule has 4 heterocycles. The van der Waals surface area contributed by atoms with Gasteiger partial charge in [0.15, 0.2) is 5.82 Å². The molecule has 2 aromatic heterocycles. The molecule has 168 valence electrons. The van der Waals surface area contributed by atoms with Gasteiger partial charge in [0, 0.05) is 32.4 Å². The van der Waals surface area contributed by atoms with Gasteiger partial charge in [-0.15, -0.1) is 0 Å². The first-order valence-electron chi connectivity index (χ1n) is 11.2. The van der Waals surface area contributed by atoms with E-state index in [0.717, 1.165) is 43.7 Å². The Morgan fingerprint density at radius 2 is 1.94 bits per heavy atom. The van der Waals surface area contributed by atoms with E-state index >= 15 is 0 Å². The number of amides is 1. The van der Waals surface area contributed by atoms with E-state index in [1.165, 1.54) is 4.68 Å². The van der Waals surface area contributed by atoms with E-state index in [0.29, 0.717) is 34.3 Å². The van der Waals surface area contributed by atoms with E-state index in [1.807, 2.05) is 11.8 Å². The Morgan fingerprint density at radius 3 is 2.67 bits per heavy atom. The molecule has 0 radical (unpaired) electrons. The molecule has 33 heavy (non-hydrogen) atoms. The zero-order chi connectivity index (χ0) is 23.1. The van der Waals surface area contributed by atoms with E-state index in [-0.39, 0.29) is 11.8 Å². The quantitative estimate of drug-likeness (QED) is 0.670. The van der Waals surface area contributed by atoms with Crippen LogP contribution in [0.1, 0.15) is 27.9 Å². The van der Waals surface area contributed by atoms with Crippen LogP contribution in [0.15, 0.2) is 42.7 Å². The van der Waals surface area contributed by atoms with Gasteiger partial charge in [-0.1, -0.05) is 6.07 Å². The Morgan fingerprint density at radius 1 is 1.12 bits per heavy atom. The molecule has 0 bridgehead atoms. The van der Waals surface area contributed by atoms with Gasteiger partial charge in [0.05, 0.1) is 29.0 Å². The first kappa shape index (κ1) is 21.2. The molecular formula is C25H26N6O2. The predicted molar refractivity (Wildman–Crippen MR) is 123 cm³/mol. The molecule has 8 nitrogen and oxygen atoms in total. The van der Waals surface area contributed by atoms with Gasteiger partial charge in [0.25, 0.3) is 5.91 Å². The molecule has 1 aromatic carbocycles. The molecular weight excluding hydrogens is 416 g/mol. The standard InChI is InChI=1S/C25H26N6O2/c1-16-9-17(10-26)3-5-21(16)22-12-28-31(25(22)33)23-6-4-18(11-27-23)24(32)30-8-7-19-13-29(2)14-20(19)15-30/h3-6,9,11-12,19-20,33H,7-8,13-15H2,1-2H3/t19-,20+/m1/s1. The lowest BCUT2D eigenvalue weighted by atomic mass is 9.88. The van der Waals surface area contributed by atoms with Crippen molar-refractivity contribution in [3.63, 3.8) is 0 Å². The number of pyridine rings is 1. The second kappa shape index (κ2) is 8.34. The van der Waals surface area contributed by atoms with Crippen LogP contribution < -0.4 is 0 Å². The maximum Gasteiger partial charge on any atom is 0.255 e. The van der Waals surface area contributed by atoms with Crippen molar-refractivity contribution in [3.05, 3.63) is 59.4 Å². The van der Waals surface area contributed by atoms with Crippen molar-refractivity contribution in [2.24, 2.45) is 11.8 Å². The number of carbonyl (C=O) groups is 1. The van der Waals surface area contributed by atoms with Crippen LogP contribution in [-0.4, -0.2) is 68.8 Å². The molecule has 2 aliphatic heterocycles. The van der Waals surface area contributed by atoms with Crippen molar-refractivity contribution >= 4 is 5.91 Å². The predicted octanol–water partition coefficient (Wildman–Crippen LogP) is 2.84. The number of nitrogens with zero attached hydrogens (tertiary/aromatic N) is 6. The first-order chi connectivity index (χ1) is 15.9. The summed E-state index contributed by atoms with van der Waals surface area (Å²) in [6, 6.07) is 10.8. The molecule has 2 atom stereocenters. The number of aryl methyl sites for hydroxylation is 1. The van der Waals surface area contributed by atoms with Crippen molar-refractivity contribution in [1.82, 2.24) is 24.6 Å². The van der Waals surface area contributed by atoms with Gasteiger partial charge in [-0.05, 0) is 67.6 Å². The van der Waals surface area contributed by atoms with Crippen molar-refractivity contribution < 1.29 is 9.90 Å². The van der Waals surface area contributed by atoms with Crippen LogP contribution in [0.3, 0.4) is 0 Å². The summed E-state index contributed by atoms with van der Waals surface area (Å²) in [7, 11) is 2.14. The minimum absolute atomic E-state index is 0.000590. The van der Waals surface area contributed by atoms with Crippen LogP contribution in [0, 0.1) is 30.1 Å². The summed E-state index contributed by atoms with van der Waals surface area (Å²) < 4.78 is 1.35. The van der Waals surface area contributed by atoms with Gasteiger partial charge >= 0.3 is 0 Å². The maximum absolute atomic E-state index is 13.0. The Kier molecular flexibility index (Phi) is 5.35. The number of hydrogen-bond donors (Lipinski definition) is 1. The Hall–Kier alpha value is -3.70.